The highest BCUT2D eigenvalue weighted by Gasteiger charge is 2.25. The van der Waals surface area contributed by atoms with Crippen LogP contribution in [0.2, 0.25) is 0 Å². The third kappa shape index (κ3) is 8.79. The van der Waals surface area contributed by atoms with Crippen LogP contribution in [0.15, 0.2) is 122 Å². The van der Waals surface area contributed by atoms with Crippen LogP contribution in [-0.2, 0) is 31.1 Å². The van der Waals surface area contributed by atoms with Gasteiger partial charge < -0.3 is 9.47 Å². The van der Waals surface area contributed by atoms with Gasteiger partial charge in [-0.1, -0.05) is 143 Å². The molecule has 50 heavy (non-hydrogen) atoms. The monoisotopic (exact) mass is 666 g/mol. The summed E-state index contributed by atoms with van der Waals surface area (Å²) in [7, 11) is 0. The number of benzene rings is 5. The summed E-state index contributed by atoms with van der Waals surface area (Å²) in [5.41, 5.74) is 6.30. The molecule has 0 bridgehead atoms. The van der Waals surface area contributed by atoms with Gasteiger partial charge in [-0.2, -0.15) is 0 Å². The zero-order chi connectivity index (χ0) is 35.7. The van der Waals surface area contributed by atoms with Crippen molar-refractivity contribution in [2.24, 2.45) is 11.8 Å². The van der Waals surface area contributed by atoms with Crippen LogP contribution < -0.4 is 0 Å². The minimum absolute atomic E-state index is 0.339. The van der Waals surface area contributed by atoms with Crippen molar-refractivity contribution in [3.63, 3.8) is 0 Å². The average Bonchev–Trinajstić information content (AvgIpc) is 3.13. The number of ether oxygens (including phenoxy) is 2. The smallest absolute Gasteiger partial charge is 0.331 e. The molecule has 0 heterocycles. The molecule has 0 aromatic heterocycles. The average molecular weight is 667 g/mol. The molecule has 4 nitrogen and oxygen atoms in total. The van der Waals surface area contributed by atoms with Crippen molar-refractivity contribution >= 4 is 33.5 Å². The molecule has 2 atom stereocenters. The molecule has 0 fully saturated rings. The highest BCUT2D eigenvalue weighted by molar-refractivity contribution is 6.21. The molecule has 0 saturated carbocycles. The number of fused-ring (bicyclic) bond motifs is 2. The molecule has 0 amide bonds. The summed E-state index contributed by atoms with van der Waals surface area (Å²) in [5, 5.41) is 4.85. The van der Waals surface area contributed by atoms with Gasteiger partial charge in [0.25, 0.3) is 0 Å². The molecule has 0 aliphatic heterocycles. The van der Waals surface area contributed by atoms with Crippen molar-refractivity contribution in [3.05, 3.63) is 133 Å². The highest BCUT2D eigenvalue weighted by Crippen LogP contribution is 2.44. The van der Waals surface area contributed by atoms with E-state index < -0.39 is 11.6 Å². The third-order valence-electron chi connectivity index (χ3n) is 9.91. The van der Waals surface area contributed by atoms with Gasteiger partial charge in [-0.05, 0) is 99.9 Å². The van der Waals surface area contributed by atoms with Gasteiger partial charge in [0.05, 0.1) is 6.61 Å². The first-order valence-corrected chi connectivity index (χ1v) is 17.9. The summed E-state index contributed by atoms with van der Waals surface area (Å²) in [6.45, 7) is 15.8. The first kappa shape index (κ1) is 36.3. The fraction of sp³-hybridized carbons (Fsp3) is 0.304. The molecular weight excluding hydrogens is 617 g/mol. The van der Waals surface area contributed by atoms with Gasteiger partial charge in [-0.3, -0.25) is 0 Å². The number of esters is 2. The Bertz CT molecular complexity index is 1890. The van der Waals surface area contributed by atoms with Crippen LogP contribution in [0, 0.1) is 11.8 Å². The van der Waals surface area contributed by atoms with Gasteiger partial charge in [0.2, 0.25) is 0 Å². The number of carbonyl (C=O) groups is 2. The van der Waals surface area contributed by atoms with E-state index in [1.807, 2.05) is 13.8 Å². The van der Waals surface area contributed by atoms with Gasteiger partial charge >= 0.3 is 11.9 Å². The second-order valence-corrected chi connectivity index (χ2v) is 14.1. The maximum atomic E-state index is 12.0. The molecule has 0 aliphatic carbocycles. The second-order valence-electron chi connectivity index (χ2n) is 14.1. The Labute approximate surface area is 297 Å². The maximum absolute atomic E-state index is 12.0. The highest BCUT2D eigenvalue weighted by atomic mass is 16.6. The molecule has 2 unspecified atom stereocenters. The summed E-state index contributed by atoms with van der Waals surface area (Å²) in [6, 6.07) is 34.9. The molecule has 0 saturated heterocycles. The Morgan fingerprint density at radius 1 is 0.640 bits per heavy atom. The zero-order valence-corrected chi connectivity index (χ0v) is 30.0. The van der Waals surface area contributed by atoms with Gasteiger partial charge in [0.15, 0.2) is 0 Å². The van der Waals surface area contributed by atoms with E-state index in [0.717, 1.165) is 36.8 Å². The van der Waals surface area contributed by atoms with Crippen LogP contribution in [0.5, 0.6) is 0 Å². The summed E-state index contributed by atoms with van der Waals surface area (Å²) < 4.78 is 10.8. The van der Waals surface area contributed by atoms with Crippen LogP contribution >= 0.6 is 0 Å². The molecule has 0 spiro atoms. The van der Waals surface area contributed by atoms with Gasteiger partial charge in [-0.15, -0.1) is 0 Å². The van der Waals surface area contributed by atoms with Gasteiger partial charge in [0.1, 0.15) is 5.60 Å². The van der Waals surface area contributed by atoms with E-state index in [2.05, 4.69) is 124 Å². The lowest BCUT2D eigenvalue weighted by Crippen LogP contribution is -2.24. The number of aryl methyl sites for hydroxylation is 1. The van der Waals surface area contributed by atoms with Crippen LogP contribution in [0.4, 0.5) is 0 Å². The Hall–Kier alpha value is -4.96. The minimum atomic E-state index is -0.772. The quantitative estimate of drug-likeness (QED) is 0.0597. The van der Waals surface area contributed by atoms with E-state index in [1.54, 1.807) is 0 Å². The lowest BCUT2D eigenvalue weighted by molar-refractivity contribution is -0.151. The Morgan fingerprint density at radius 2 is 1.10 bits per heavy atom. The third-order valence-corrected chi connectivity index (χ3v) is 9.91. The Balaban J connectivity index is 1.33. The van der Waals surface area contributed by atoms with Gasteiger partial charge in [-0.25, -0.2) is 9.59 Å². The Morgan fingerprint density at radius 3 is 1.58 bits per heavy atom. The zero-order valence-electron chi connectivity index (χ0n) is 30.0. The summed E-state index contributed by atoms with van der Waals surface area (Å²) in [5.74, 6) is 0.424. The fourth-order valence-electron chi connectivity index (χ4n) is 6.91. The van der Waals surface area contributed by atoms with E-state index in [1.165, 1.54) is 68.8 Å². The standard InChI is InChI=1S/C46H50O4/c1-7-42(47)49-31-30-33(4)15-13-14-32(3)20-21-34-22-24-35(25-23-34)44-38-16-9-11-18-40(38)45(41-19-12-10-17-39(41)44)36-26-28-37(29-27-36)46(5,6)50-43(48)8-2/h7-12,16-19,22-29,32-33H,1-2,13-15,20-21,30-31H2,3-6H3. The van der Waals surface area contributed by atoms with Crippen molar-refractivity contribution in [2.45, 2.75) is 71.8 Å². The summed E-state index contributed by atoms with van der Waals surface area (Å²) in [4.78, 5) is 23.2. The number of hydrogen-bond acceptors (Lipinski definition) is 4. The SMILES string of the molecule is C=CC(=O)OCCC(C)CCCC(C)CCc1ccc(-c2c3ccccc3c(-c3ccc(C(C)(C)OC(=O)C=C)cc3)c3ccccc23)cc1. The lowest BCUT2D eigenvalue weighted by Gasteiger charge is -2.25. The molecule has 5 rings (SSSR count). The molecule has 5 aromatic rings. The van der Waals surface area contributed by atoms with Crippen LogP contribution in [0.3, 0.4) is 0 Å². The van der Waals surface area contributed by atoms with Crippen LogP contribution in [0.25, 0.3) is 43.8 Å². The van der Waals surface area contributed by atoms with Crippen molar-refractivity contribution in [1.29, 1.82) is 0 Å². The minimum Gasteiger partial charge on any atom is -0.463 e. The molecule has 5 aromatic carbocycles. The lowest BCUT2D eigenvalue weighted by atomic mass is 9.85. The van der Waals surface area contributed by atoms with Crippen molar-refractivity contribution in [2.75, 3.05) is 6.61 Å². The molecule has 258 valence electrons. The van der Waals surface area contributed by atoms with Crippen molar-refractivity contribution < 1.29 is 19.1 Å². The molecule has 4 heteroatoms. The van der Waals surface area contributed by atoms with Gasteiger partial charge in [0, 0.05) is 12.2 Å². The molecule has 0 N–H and O–H groups in total. The van der Waals surface area contributed by atoms with E-state index in [0.29, 0.717) is 18.4 Å². The van der Waals surface area contributed by atoms with Crippen molar-refractivity contribution in [3.8, 4) is 22.3 Å². The van der Waals surface area contributed by atoms with Crippen LogP contribution in [0.1, 0.15) is 70.9 Å². The van der Waals surface area contributed by atoms with E-state index >= 15 is 0 Å². The molecule has 0 radical (unpaired) electrons. The van der Waals surface area contributed by atoms with E-state index in [4.69, 9.17) is 9.47 Å². The largest absolute Gasteiger partial charge is 0.463 e. The van der Waals surface area contributed by atoms with E-state index in [9.17, 15) is 9.59 Å². The second kappa shape index (κ2) is 16.6. The summed E-state index contributed by atoms with van der Waals surface area (Å²) >= 11 is 0. The predicted octanol–water partition coefficient (Wildman–Crippen LogP) is 11.8. The molecule has 0 aliphatic rings. The van der Waals surface area contributed by atoms with Crippen molar-refractivity contribution in [1.82, 2.24) is 0 Å². The number of hydrogen-bond donors (Lipinski definition) is 0. The van der Waals surface area contributed by atoms with E-state index in [-0.39, 0.29) is 5.97 Å². The molecular formula is C46H50O4. The van der Waals surface area contributed by atoms with Crippen LogP contribution in [-0.4, -0.2) is 18.5 Å². The predicted molar refractivity (Wildman–Crippen MR) is 208 cm³/mol. The normalized spacial score (nSPS) is 12.7. The summed E-state index contributed by atoms with van der Waals surface area (Å²) in [6.07, 6.45) is 9.11. The fourth-order valence-corrected chi connectivity index (χ4v) is 6.91. The maximum Gasteiger partial charge on any atom is 0.331 e. The number of carbonyl (C=O) groups excluding carboxylic acids is 2. The number of rotatable bonds is 16. The topological polar surface area (TPSA) is 52.6 Å². The first-order valence-electron chi connectivity index (χ1n) is 17.9. The Kier molecular flexibility index (Phi) is 12.1. The first-order chi connectivity index (χ1) is 24.1.